The molecule has 10 heteroatoms. The van der Waals surface area contributed by atoms with Gasteiger partial charge in [0.1, 0.15) is 8.64 Å². The van der Waals surface area contributed by atoms with E-state index >= 15 is 0 Å². The van der Waals surface area contributed by atoms with E-state index in [4.69, 9.17) is 34.6 Å². The smallest absolute Gasteiger partial charge is 0.444 e. The van der Waals surface area contributed by atoms with Gasteiger partial charge in [0, 0.05) is 26.2 Å². The van der Waals surface area contributed by atoms with Crippen LogP contribution < -0.4 is 29.6 Å². The molecule has 5 nitrogen and oxygen atoms in total. The molecule has 0 fully saturated rings. The zero-order chi connectivity index (χ0) is 15.3. The van der Waals surface area contributed by atoms with E-state index in [0.717, 1.165) is 40.2 Å². The first kappa shape index (κ1) is 25.8. The summed E-state index contributed by atoms with van der Waals surface area (Å²) >= 11 is 10.7. The largest absolute Gasteiger partial charge is 1.00 e. The van der Waals surface area contributed by atoms with Crippen LogP contribution in [0.1, 0.15) is 27.7 Å². The summed E-state index contributed by atoms with van der Waals surface area (Å²) in [5.41, 5.74) is 0. The molecule has 0 aliphatic heterocycles. The fourth-order valence-electron chi connectivity index (χ4n) is 1.14. The second-order valence-corrected chi connectivity index (χ2v) is 6.51. The van der Waals surface area contributed by atoms with Gasteiger partial charge in [-0.25, -0.2) is 0 Å². The number of hydrogen-bond acceptors (Lipinski definition) is 7. The normalized spacial score (nSPS) is 8.60. The van der Waals surface area contributed by atoms with Crippen LogP contribution in [0.15, 0.2) is 5.34 Å². The molecule has 0 aliphatic carbocycles. The van der Waals surface area contributed by atoms with Crippen molar-refractivity contribution in [2.45, 2.75) is 27.7 Å². The van der Waals surface area contributed by atoms with E-state index < -0.39 is 0 Å². The Morgan fingerprint density at radius 1 is 0.950 bits per heavy atom. The van der Waals surface area contributed by atoms with Gasteiger partial charge in [-0.05, 0) is 49.3 Å². The maximum atomic E-state index is 8.00. The predicted molar refractivity (Wildman–Crippen MR) is 95.4 cm³/mol. The third kappa shape index (κ3) is 12.6. The fourth-order valence-corrected chi connectivity index (χ4v) is 4.20. The Balaban J connectivity index is -0.000000657. The van der Waals surface area contributed by atoms with Gasteiger partial charge in [0.25, 0.3) is 0 Å². The molecule has 0 aromatic heterocycles. The molecular formula is C10H20N3NaO2S4. The van der Waals surface area contributed by atoms with Gasteiger partial charge in [0.05, 0.1) is 0 Å². The Bertz CT molecular complexity index is 253. The maximum absolute atomic E-state index is 8.00. The molecular weight excluding hydrogens is 345 g/mol. The van der Waals surface area contributed by atoms with Crippen LogP contribution in [0.5, 0.6) is 0 Å². The number of nitrogens with zero attached hydrogens (tertiary/aromatic N) is 3. The van der Waals surface area contributed by atoms with Crippen molar-refractivity contribution in [3.8, 4) is 0 Å². The van der Waals surface area contributed by atoms with E-state index in [2.05, 4.69) is 37.5 Å². The molecule has 0 aliphatic rings. The molecule has 0 bridgehead atoms. The van der Waals surface area contributed by atoms with E-state index in [-0.39, 0.29) is 29.6 Å². The van der Waals surface area contributed by atoms with E-state index in [1.807, 2.05) is 0 Å². The van der Waals surface area contributed by atoms with Gasteiger partial charge >= 0.3 is 29.6 Å². The average Bonchev–Trinajstić information content (AvgIpc) is 2.40. The van der Waals surface area contributed by atoms with E-state index in [1.54, 1.807) is 21.6 Å². The van der Waals surface area contributed by atoms with Gasteiger partial charge in [0.2, 0.25) is 0 Å². The molecule has 0 saturated heterocycles. The molecule has 0 aromatic rings. The monoisotopic (exact) mass is 365 g/mol. The van der Waals surface area contributed by atoms with Crippen LogP contribution in [0, 0.1) is 10.1 Å². The van der Waals surface area contributed by atoms with Crippen molar-refractivity contribution in [1.29, 1.82) is 0 Å². The summed E-state index contributed by atoms with van der Waals surface area (Å²) < 4.78 is 1.84. The summed E-state index contributed by atoms with van der Waals surface area (Å²) in [5, 5.41) is 9.00. The van der Waals surface area contributed by atoms with Gasteiger partial charge < -0.3 is 19.9 Å². The molecule has 0 aromatic carbocycles. The van der Waals surface area contributed by atoms with Crippen LogP contribution in [0.3, 0.4) is 0 Å². The van der Waals surface area contributed by atoms with Gasteiger partial charge in [-0.2, -0.15) is 0 Å². The standard InChI is InChI=1S/C10H20N2S4.HNO2.Na/c1-5-11(6-2)9(13)15-16-10(14)12(7-3)8-4;2-1-3;/h5-8H2,1-4H3;(H,2,3);/q;;+1/p-1. The first-order valence-corrected chi connectivity index (χ1v) is 8.86. The van der Waals surface area contributed by atoms with E-state index in [0.29, 0.717) is 0 Å². The topological polar surface area (TPSA) is 59.0 Å². The third-order valence-corrected chi connectivity index (χ3v) is 5.96. The zero-order valence-electron chi connectivity index (χ0n) is 12.6. The van der Waals surface area contributed by atoms with Crippen LogP contribution in [-0.2, 0) is 0 Å². The molecule has 0 rings (SSSR count). The first-order chi connectivity index (χ1) is 9.01. The van der Waals surface area contributed by atoms with E-state index in [9.17, 15) is 0 Å². The van der Waals surface area contributed by atoms with Gasteiger partial charge in [-0.15, -0.1) is 5.34 Å². The Labute approximate surface area is 162 Å². The van der Waals surface area contributed by atoms with Crippen molar-refractivity contribution >= 4 is 54.7 Å². The molecule has 0 N–H and O–H groups in total. The molecule has 20 heavy (non-hydrogen) atoms. The Morgan fingerprint density at radius 3 is 1.30 bits per heavy atom. The Morgan fingerprint density at radius 2 is 1.15 bits per heavy atom. The molecule has 0 radical (unpaired) electrons. The van der Waals surface area contributed by atoms with Crippen molar-refractivity contribution < 1.29 is 29.6 Å². The minimum Gasteiger partial charge on any atom is -0.444 e. The van der Waals surface area contributed by atoms with Crippen LogP contribution in [0.2, 0.25) is 0 Å². The predicted octanol–water partition coefficient (Wildman–Crippen LogP) is 0.876. The van der Waals surface area contributed by atoms with Crippen LogP contribution >= 0.6 is 46.0 Å². The maximum Gasteiger partial charge on any atom is 1.00 e. The van der Waals surface area contributed by atoms with Gasteiger partial charge in [-0.3, -0.25) is 0 Å². The Hall–Kier alpha value is 0.880. The summed E-state index contributed by atoms with van der Waals surface area (Å²) in [7, 11) is 3.18. The molecule has 0 unspecified atom stereocenters. The van der Waals surface area contributed by atoms with Crippen molar-refractivity contribution in [2.24, 2.45) is 5.34 Å². The first-order valence-electron chi connectivity index (χ1n) is 5.89. The van der Waals surface area contributed by atoms with Crippen molar-refractivity contribution in [3.63, 3.8) is 0 Å². The average molecular weight is 366 g/mol. The second kappa shape index (κ2) is 17.9. The number of thiocarbonyl (C=S) groups is 2. The SMILES string of the molecule is CCN(CC)C(=S)SSC(=S)N(CC)CC.O=N[O-].[Na+]. The quantitative estimate of drug-likeness (QED) is 0.239. The van der Waals surface area contributed by atoms with Gasteiger partial charge in [0.15, 0.2) is 0 Å². The molecule has 0 saturated carbocycles. The summed E-state index contributed by atoms with van der Waals surface area (Å²) in [6, 6.07) is 0. The second-order valence-electron chi connectivity index (χ2n) is 3.12. The van der Waals surface area contributed by atoms with Crippen molar-refractivity contribution in [3.05, 3.63) is 10.1 Å². The summed E-state index contributed by atoms with van der Waals surface area (Å²) in [5.74, 6) is 0. The third-order valence-electron chi connectivity index (χ3n) is 2.23. The van der Waals surface area contributed by atoms with Crippen molar-refractivity contribution in [2.75, 3.05) is 26.2 Å². The molecule has 0 spiro atoms. The van der Waals surface area contributed by atoms with Crippen LogP contribution in [-0.4, -0.2) is 44.6 Å². The summed E-state index contributed by atoms with van der Waals surface area (Å²) in [4.78, 5) is 12.3. The number of rotatable bonds is 4. The molecule has 0 atom stereocenters. The van der Waals surface area contributed by atoms with Crippen LogP contribution in [0.25, 0.3) is 0 Å². The van der Waals surface area contributed by atoms with Crippen LogP contribution in [0.4, 0.5) is 0 Å². The van der Waals surface area contributed by atoms with E-state index in [1.165, 1.54) is 0 Å². The zero-order valence-corrected chi connectivity index (χ0v) is 17.9. The summed E-state index contributed by atoms with van der Waals surface area (Å²) in [6.07, 6.45) is 0. The molecule has 0 heterocycles. The minimum atomic E-state index is 0. The molecule has 0 amide bonds. The minimum absolute atomic E-state index is 0. The summed E-state index contributed by atoms with van der Waals surface area (Å²) in [6.45, 7) is 12.3. The fraction of sp³-hybridized carbons (Fsp3) is 0.800. The van der Waals surface area contributed by atoms with Crippen molar-refractivity contribution in [1.82, 2.24) is 9.80 Å². The molecule has 112 valence electrons. The Kier molecular flexibility index (Phi) is 23.1. The van der Waals surface area contributed by atoms with Gasteiger partial charge in [-0.1, -0.05) is 24.4 Å². The number of hydrogen-bond donors (Lipinski definition) is 0.